The molecule has 1 aromatic carbocycles. The largest absolute Gasteiger partial charge is 0.478 e. The Morgan fingerprint density at radius 3 is 2.76 bits per heavy atom. The Labute approximate surface area is 124 Å². The second-order valence-corrected chi connectivity index (χ2v) is 5.20. The predicted molar refractivity (Wildman–Crippen MR) is 78.6 cm³/mol. The van der Waals surface area contributed by atoms with Crippen molar-refractivity contribution in [3.63, 3.8) is 0 Å². The molecule has 0 bridgehead atoms. The summed E-state index contributed by atoms with van der Waals surface area (Å²) >= 11 is 1.52. The Kier molecular flexibility index (Phi) is 4.84. The van der Waals surface area contributed by atoms with Gasteiger partial charge in [-0.25, -0.2) is 9.18 Å². The molecule has 0 atom stereocenters. The molecule has 0 radical (unpaired) electrons. The van der Waals surface area contributed by atoms with E-state index in [1.807, 2.05) is 17.5 Å². The van der Waals surface area contributed by atoms with Crippen molar-refractivity contribution >= 4 is 29.3 Å². The second-order valence-electron chi connectivity index (χ2n) is 4.17. The Balaban J connectivity index is 2.05. The zero-order chi connectivity index (χ0) is 15.2. The highest BCUT2D eigenvalue weighted by molar-refractivity contribution is 7.09. The van der Waals surface area contributed by atoms with Crippen molar-refractivity contribution in [3.05, 3.63) is 63.6 Å². The van der Waals surface area contributed by atoms with Crippen molar-refractivity contribution in [1.82, 2.24) is 5.32 Å². The normalized spacial score (nSPS) is 10.7. The van der Waals surface area contributed by atoms with Gasteiger partial charge in [0.1, 0.15) is 5.82 Å². The van der Waals surface area contributed by atoms with Crippen molar-refractivity contribution < 1.29 is 19.1 Å². The number of hydrogen-bond acceptors (Lipinski definition) is 3. The van der Waals surface area contributed by atoms with Gasteiger partial charge in [0.15, 0.2) is 0 Å². The molecule has 6 heteroatoms. The zero-order valence-electron chi connectivity index (χ0n) is 10.9. The average Bonchev–Trinajstić information content (AvgIpc) is 2.96. The molecule has 0 aliphatic heterocycles. The number of nitrogens with one attached hydrogen (secondary N) is 1. The first-order chi connectivity index (χ1) is 10.1. The SMILES string of the molecule is O=C(O)C=Cc1ccc(C(=O)NCc2cccs2)cc1F. The third-order valence-corrected chi connectivity index (χ3v) is 3.55. The van der Waals surface area contributed by atoms with Crippen LogP contribution in [0.4, 0.5) is 4.39 Å². The minimum atomic E-state index is -1.16. The third-order valence-electron chi connectivity index (χ3n) is 2.67. The summed E-state index contributed by atoms with van der Waals surface area (Å²) in [6.07, 6.45) is 1.99. The molecule has 1 aromatic heterocycles. The van der Waals surface area contributed by atoms with Crippen LogP contribution < -0.4 is 5.32 Å². The summed E-state index contributed by atoms with van der Waals surface area (Å²) in [4.78, 5) is 23.3. The van der Waals surface area contributed by atoms with Crippen LogP contribution in [0.3, 0.4) is 0 Å². The summed E-state index contributed by atoms with van der Waals surface area (Å²) in [5.41, 5.74) is 0.309. The van der Waals surface area contributed by atoms with E-state index in [2.05, 4.69) is 5.32 Å². The van der Waals surface area contributed by atoms with Crippen LogP contribution >= 0.6 is 11.3 Å². The lowest BCUT2D eigenvalue weighted by molar-refractivity contribution is -0.131. The van der Waals surface area contributed by atoms with Crippen molar-refractivity contribution in [3.8, 4) is 0 Å². The lowest BCUT2D eigenvalue weighted by Gasteiger charge is -2.05. The first-order valence-corrected chi connectivity index (χ1v) is 6.95. The van der Waals surface area contributed by atoms with Crippen molar-refractivity contribution in [1.29, 1.82) is 0 Å². The number of carboxylic acids is 1. The van der Waals surface area contributed by atoms with Crippen LogP contribution in [0.15, 0.2) is 41.8 Å². The van der Waals surface area contributed by atoms with Gasteiger partial charge in [-0.15, -0.1) is 11.3 Å². The second kappa shape index (κ2) is 6.81. The van der Waals surface area contributed by atoms with Gasteiger partial charge in [0.05, 0.1) is 6.54 Å². The average molecular weight is 305 g/mol. The first-order valence-electron chi connectivity index (χ1n) is 6.07. The van der Waals surface area contributed by atoms with Gasteiger partial charge in [0.2, 0.25) is 0 Å². The van der Waals surface area contributed by atoms with Gasteiger partial charge in [-0.1, -0.05) is 12.1 Å². The van der Waals surface area contributed by atoms with Crippen molar-refractivity contribution in [2.75, 3.05) is 0 Å². The van der Waals surface area contributed by atoms with Crippen LogP contribution in [0.5, 0.6) is 0 Å². The van der Waals surface area contributed by atoms with E-state index in [1.165, 1.54) is 23.5 Å². The minimum absolute atomic E-state index is 0.118. The van der Waals surface area contributed by atoms with Crippen molar-refractivity contribution in [2.45, 2.75) is 6.54 Å². The van der Waals surface area contributed by atoms with Crippen LogP contribution in [-0.4, -0.2) is 17.0 Å². The molecule has 0 spiro atoms. The maximum Gasteiger partial charge on any atom is 0.328 e. The van der Waals surface area contributed by atoms with Gasteiger partial charge in [-0.3, -0.25) is 4.79 Å². The van der Waals surface area contributed by atoms with E-state index in [1.54, 1.807) is 0 Å². The number of benzene rings is 1. The molecular formula is C15H12FNO3S. The molecule has 1 heterocycles. The van der Waals surface area contributed by atoms with Gasteiger partial charge in [-0.2, -0.15) is 0 Å². The van der Waals surface area contributed by atoms with E-state index >= 15 is 0 Å². The first kappa shape index (κ1) is 14.9. The highest BCUT2D eigenvalue weighted by Crippen LogP contribution is 2.13. The number of rotatable bonds is 5. The predicted octanol–water partition coefficient (Wildman–Crippen LogP) is 2.92. The Hall–Kier alpha value is -2.47. The third kappa shape index (κ3) is 4.25. The van der Waals surface area contributed by atoms with Gasteiger partial charge in [0, 0.05) is 22.1 Å². The molecule has 0 saturated carbocycles. The van der Waals surface area contributed by atoms with Gasteiger partial charge in [0.25, 0.3) is 5.91 Å². The van der Waals surface area contributed by atoms with Gasteiger partial charge >= 0.3 is 5.97 Å². The summed E-state index contributed by atoms with van der Waals surface area (Å²) in [7, 11) is 0. The molecule has 0 aliphatic carbocycles. The fourth-order valence-corrected chi connectivity index (χ4v) is 2.29. The summed E-state index contributed by atoms with van der Waals surface area (Å²) < 4.78 is 13.8. The molecule has 21 heavy (non-hydrogen) atoms. The number of carboxylic acid groups (broad SMARTS) is 1. The molecule has 2 aromatic rings. The fraction of sp³-hybridized carbons (Fsp3) is 0.0667. The van der Waals surface area contributed by atoms with Crippen LogP contribution in [0.2, 0.25) is 0 Å². The number of hydrogen-bond donors (Lipinski definition) is 2. The highest BCUT2D eigenvalue weighted by Gasteiger charge is 2.09. The maximum absolute atomic E-state index is 13.8. The van der Waals surface area contributed by atoms with E-state index in [-0.39, 0.29) is 17.0 Å². The van der Waals surface area contributed by atoms with Crippen molar-refractivity contribution in [2.24, 2.45) is 0 Å². The van der Waals surface area contributed by atoms with Crippen LogP contribution in [0.1, 0.15) is 20.8 Å². The van der Waals surface area contributed by atoms with E-state index in [4.69, 9.17) is 5.11 Å². The molecule has 0 saturated heterocycles. The molecule has 2 rings (SSSR count). The number of aliphatic carboxylic acids is 1. The molecular weight excluding hydrogens is 293 g/mol. The standard InChI is InChI=1S/C15H12FNO3S/c16-13-8-11(4-3-10(13)5-6-14(18)19)15(20)17-9-12-2-1-7-21-12/h1-8H,9H2,(H,17,20)(H,18,19). The van der Waals surface area contributed by atoms with Gasteiger partial charge < -0.3 is 10.4 Å². The van der Waals surface area contributed by atoms with Crippen LogP contribution in [0, 0.1) is 5.82 Å². The zero-order valence-corrected chi connectivity index (χ0v) is 11.7. The number of carbonyl (C=O) groups excluding carboxylic acids is 1. The van der Waals surface area contributed by atoms with Crippen LogP contribution in [-0.2, 0) is 11.3 Å². The Morgan fingerprint density at radius 2 is 2.14 bits per heavy atom. The number of carbonyl (C=O) groups is 2. The topological polar surface area (TPSA) is 66.4 Å². The lowest BCUT2D eigenvalue weighted by atomic mass is 10.1. The molecule has 108 valence electrons. The molecule has 4 nitrogen and oxygen atoms in total. The molecule has 2 N–H and O–H groups in total. The summed E-state index contributed by atoms with van der Waals surface area (Å²) in [6, 6.07) is 7.69. The number of thiophene rings is 1. The minimum Gasteiger partial charge on any atom is -0.478 e. The van der Waals surface area contributed by atoms with E-state index in [0.717, 1.165) is 23.1 Å². The highest BCUT2D eigenvalue weighted by atomic mass is 32.1. The summed E-state index contributed by atoms with van der Waals surface area (Å²) in [6.45, 7) is 0.388. The lowest BCUT2D eigenvalue weighted by Crippen LogP contribution is -2.22. The Bertz CT molecular complexity index is 680. The maximum atomic E-state index is 13.8. The number of amides is 1. The van der Waals surface area contributed by atoms with Crippen LogP contribution in [0.25, 0.3) is 6.08 Å². The van der Waals surface area contributed by atoms with E-state index in [9.17, 15) is 14.0 Å². The smallest absolute Gasteiger partial charge is 0.328 e. The molecule has 0 unspecified atom stereocenters. The number of halogens is 1. The van der Waals surface area contributed by atoms with Gasteiger partial charge in [-0.05, 0) is 29.7 Å². The fourth-order valence-electron chi connectivity index (χ4n) is 1.65. The monoisotopic (exact) mass is 305 g/mol. The quantitative estimate of drug-likeness (QED) is 0.835. The molecule has 1 amide bonds. The molecule has 0 aliphatic rings. The summed E-state index contributed by atoms with van der Waals surface area (Å²) in [5.74, 6) is -2.18. The van der Waals surface area contributed by atoms with E-state index in [0.29, 0.717) is 6.54 Å². The molecule has 0 fully saturated rings. The summed E-state index contributed by atoms with van der Waals surface area (Å²) in [5, 5.41) is 13.1. The van der Waals surface area contributed by atoms with E-state index < -0.39 is 11.8 Å². The Morgan fingerprint density at radius 1 is 1.33 bits per heavy atom.